The number of aliphatic carboxylic acids is 1. The van der Waals surface area contributed by atoms with Crippen LogP contribution in [0.2, 0.25) is 0 Å². The van der Waals surface area contributed by atoms with Gasteiger partial charge in [-0.1, -0.05) is 49.4 Å². The third-order valence-electron chi connectivity index (χ3n) is 4.10. The van der Waals surface area contributed by atoms with Crippen LogP contribution in [-0.4, -0.2) is 22.3 Å². The molecule has 0 radical (unpaired) electrons. The number of carbonyl (C=O) groups is 1. The Morgan fingerprint density at radius 3 is 2.55 bits per heavy atom. The Morgan fingerprint density at radius 1 is 1.10 bits per heavy atom. The van der Waals surface area contributed by atoms with Crippen LogP contribution >= 0.6 is 0 Å². The van der Waals surface area contributed by atoms with Crippen LogP contribution in [0.1, 0.15) is 29.5 Å². The third-order valence-corrected chi connectivity index (χ3v) is 4.10. The van der Waals surface area contributed by atoms with Gasteiger partial charge in [-0.15, -0.1) is 0 Å². The van der Waals surface area contributed by atoms with Crippen molar-refractivity contribution in [3.8, 4) is 11.1 Å². The zero-order valence-corrected chi connectivity index (χ0v) is 11.2. The molecule has 0 heterocycles. The lowest BCUT2D eigenvalue weighted by Crippen LogP contribution is -2.26. The molecular formula is C17H16O3. The maximum absolute atomic E-state index is 11.0. The van der Waals surface area contributed by atoms with Gasteiger partial charge in [0.1, 0.15) is 0 Å². The van der Waals surface area contributed by atoms with Gasteiger partial charge in [0.15, 0.2) is 6.10 Å². The maximum atomic E-state index is 11.0. The van der Waals surface area contributed by atoms with E-state index in [0.717, 1.165) is 23.1 Å². The normalized spacial score (nSPS) is 15.3. The molecule has 20 heavy (non-hydrogen) atoms. The molecule has 0 spiro atoms. The summed E-state index contributed by atoms with van der Waals surface area (Å²) in [7, 11) is 0. The second kappa shape index (κ2) is 4.76. The van der Waals surface area contributed by atoms with Crippen LogP contribution in [0.4, 0.5) is 0 Å². The van der Waals surface area contributed by atoms with Crippen LogP contribution in [0.3, 0.4) is 0 Å². The highest BCUT2D eigenvalue weighted by Gasteiger charge is 2.28. The zero-order chi connectivity index (χ0) is 14.3. The first kappa shape index (κ1) is 12.9. The zero-order valence-electron chi connectivity index (χ0n) is 11.2. The number of carboxylic acids is 1. The van der Waals surface area contributed by atoms with E-state index in [4.69, 9.17) is 5.11 Å². The first-order chi connectivity index (χ1) is 9.59. The van der Waals surface area contributed by atoms with Crippen LogP contribution < -0.4 is 0 Å². The van der Waals surface area contributed by atoms with E-state index in [0.29, 0.717) is 0 Å². The smallest absolute Gasteiger partial charge is 0.333 e. The fraction of sp³-hybridized carbons (Fsp3) is 0.235. The Balaban J connectivity index is 2.07. The van der Waals surface area contributed by atoms with Crippen molar-refractivity contribution in [3.05, 3.63) is 59.2 Å². The number of rotatable bonds is 3. The van der Waals surface area contributed by atoms with Crippen molar-refractivity contribution in [2.45, 2.75) is 25.4 Å². The summed E-state index contributed by atoms with van der Waals surface area (Å²) in [5.74, 6) is -1.60. The topological polar surface area (TPSA) is 57.5 Å². The molecule has 0 saturated carbocycles. The number of benzene rings is 2. The second-order valence-electron chi connectivity index (χ2n) is 5.28. The lowest BCUT2D eigenvalue weighted by atomic mass is 9.89. The highest BCUT2D eigenvalue weighted by molar-refractivity contribution is 5.79. The van der Waals surface area contributed by atoms with E-state index in [2.05, 4.69) is 18.2 Å². The Labute approximate surface area is 117 Å². The molecule has 2 unspecified atom stereocenters. The molecule has 3 heteroatoms. The minimum Gasteiger partial charge on any atom is -0.479 e. The largest absolute Gasteiger partial charge is 0.479 e. The molecule has 0 fully saturated rings. The Morgan fingerprint density at radius 2 is 1.80 bits per heavy atom. The standard InChI is InChI=1S/C17H16O3/c1-10(16(18)17(19)20)12-7-4-8-14-13-6-3-2-5-11(13)9-15(12)14/h2-8,10,16,18H,9H2,1H3,(H,19,20). The van der Waals surface area contributed by atoms with Gasteiger partial charge in [-0.05, 0) is 34.2 Å². The molecule has 3 rings (SSSR count). The number of fused-ring (bicyclic) bond motifs is 3. The molecule has 1 aliphatic rings. The van der Waals surface area contributed by atoms with Crippen LogP contribution in [0, 0.1) is 0 Å². The van der Waals surface area contributed by atoms with Gasteiger partial charge in [0.2, 0.25) is 0 Å². The molecule has 1 aliphatic carbocycles. The van der Waals surface area contributed by atoms with E-state index in [1.165, 1.54) is 11.1 Å². The van der Waals surface area contributed by atoms with Gasteiger partial charge in [-0.25, -0.2) is 4.79 Å². The van der Waals surface area contributed by atoms with Crippen LogP contribution in [0.25, 0.3) is 11.1 Å². The fourth-order valence-electron chi connectivity index (χ4n) is 2.99. The molecular weight excluding hydrogens is 252 g/mol. The summed E-state index contributed by atoms with van der Waals surface area (Å²) in [5.41, 5.74) is 5.69. The molecule has 3 nitrogen and oxygen atoms in total. The third kappa shape index (κ3) is 1.91. The summed E-state index contributed by atoms with van der Waals surface area (Å²) >= 11 is 0. The number of carboxylic acid groups (broad SMARTS) is 1. The lowest BCUT2D eigenvalue weighted by molar-refractivity contribution is -0.147. The van der Waals surface area contributed by atoms with Gasteiger partial charge in [0.25, 0.3) is 0 Å². The molecule has 2 aromatic carbocycles. The molecule has 102 valence electrons. The van der Waals surface area contributed by atoms with Crippen molar-refractivity contribution in [2.24, 2.45) is 0 Å². The van der Waals surface area contributed by atoms with Gasteiger partial charge in [0.05, 0.1) is 0 Å². The summed E-state index contributed by atoms with van der Waals surface area (Å²) in [6.07, 6.45) is -0.566. The van der Waals surface area contributed by atoms with Crippen molar-refractivity contribution in [2.75, 3.05) is 0 Å². The Hall–Kier alpha value is -2.13. The average molecular weight is 268 g/mol. The summed E-state index contributed by atoms with van der Waals surface area (Å²) < 4.78 is 0. The first-order valence-corrected chi connectivity index (χ1v) is 6.70. The molecule has 0 saturated heterocycles. The molecule has 0 aliphatic heterocycles. The van der Waals surface area contributed by atoms with Crippen molar-refractivity contribution >= 4 is 5.97 Å². The predicted octanol–water partition coefficient (Wildman–Crippen LogP) is 2.81. The minimum absolute atomic E-state index is 0.420. The van der Waals surface area contributed by atoms with Gasteiger partial charge < -0.3 is 10.2 Å². The average Bonchev–Trinajstić information content (AvgIpc) is 2.84. The maximum Gasteiger partial charge on any atom is 0.333 e. The summed E-state index contributed by atoms with van der Waals surface area (Å²) in [6.45, 7) is 1.76. The lowest BCUT2D eigenvalue weighted by Gasteiger charge is -2.18. The highest BCUT2D eigenvalue weighted by atomic mass is 16.4. The van der Waals surface area contributed by atoms with Crippen molar-refractivity contribution in [1.82, 2.24) is 0 Å². The molecule has 2 aromatic rings. The summed E-state index contributed by atoms with van der Waals surface area (Å²) in [4.78, 5) is 11.0. The summed E-state index contributed by atoms with van der Waals surface area (Å²) in [5, 5.41) is 18.8. The predicted molar refractivity (Wildman–Crippen MR) is 76.7 cm³/mol. The number of hydrogen-bond donors (Lipinski definition) is 2. The highest BCUT2D eigenvalue weighted by Crippen LogP contribution is 2.40. The van der Waals surface area contributed by atoms with E-state index in [9.17, 15) is 9.90 Å². The van der Waals surface area contributed by atoms with Crippen molar-refractivity contribution in [1.29, 1.82) is 0 Å². The Kier molecular flexibility index (Phi) is 3.07. The van der Waals surface area contributed by atoms with Gasteiger partial charge in [0, 0.05) is 5.92 Å². The first-order valence-electron chi connectivity index (χ1n) is 6.70. The monoisotopic (exact) mass is 268 g/mol. The Bertz CT molecular complexity index is 676. The van der Waals surface area contributed by atoms with Crippen molar-refractivity contribution in [3.63, 3.8) is 0 Å². The minimum atomic E-state index is -1.37. The molecule has 0 amide bonds. The van der Waals surface area contributed by atoms with Gasteiger partial charge in [-0.3, -0.25) is 0 Å². The molecule has 0 aromatic heterocycles. The molecule has 2 N–H and O–H groups in total. The van der Waals surface area contributed by atoms with E-state index in [-0.39, 0.29) is 0 Å². The molecule has 0 bridgehead atoms. The number of aliphatic hydroxyl groups excluding tert-OH is 1. The SMILES string of the molecule is CC(c1cccc2c1Cc1ccccc1-2)C(O)C(=O)O. The molecule has 2 atom stereocenters. The van der Waals surface area contributed by atoms with Gasteiger partial charge >= 0.3 is 5.97 Å². The quantitative estimate of drug-likeness (QED) is 0.768. The number of aliphatic hydroxyl groups is 1. The van der Waals surface area contributed by atoms with E-state index in [1.54, 1.807) is 6.92 Å². The van der Waals surface area contributed by atoms with E-state index < -0.39 is 18.0 Å². The van der Waals surface area contributed by atoms with E-state index >= 15 is 0 Å². The van der Waals surface area contributed by atoms with Crippen LogP contribution in [-0.2, 0) is 11.2 Å². The number of hydrogen-bond acceptors (Lipinski definition) is 2. The fourth-order valence-corrected chi connectivity index (χ4v) is 2.99. The van der Waals surface area contributed by atoms with Crippen LogP contribution in [0.15, 0.2) is 42.5 Å². The van der Waals surface area contributed by atoms with Crippen LogP contribution in [0.5, 0.6) is 0 Å². The van der Waals surface area contributed by atoms with Crippen molar-refractivity contribution < 1.29 is 15.0 Å². The second-order valence-corrected chi connectivity index (χ2v) is 5.28. The van der Waals surface area contributed by atoms with E-state index in [1.807, 2.05) is 24.3 Å². The summed E-state index contributed by atoms with van der Waals surface area (Å²) in [6, 6.07) is 14.1. The van der Waals surface area contributed by atoms with Gasteiger partial charge in [-0.2, -0.15) is 0 Å².